The molecular formula is C16H19ClN4O3S. The fourth-order valence-corrected chi connectivity index (χ4v) is 3.32. The monoisotopic (exact) mass is 382 g/mol. The molecular weight excluding hydrogens is 364 g/mol. The quantitative estimate of drug-likeness (QED) is 0.817. The van der Waals surface area contributed by atoms with Crippen LogP contribution in [0.2, 0.25) is 5.15 Å². The summed E-state index contributed by atoms with van der Waals surface area (Å²) in [6.07, 6.45) is 1.11. The minimum atomic E-state index is -3.31. The number of halogens is 1. The van der Waals surface area contributed by atoms with E-state index in [1.54, 1.807) is 24.3 Å². The first-order valence-corrected chi connectivity index (χ1v) is 10.1. The summed E-state index contributed by atoms with van der Waals surface area (Å²) in [7, 11) is -3.31. The fourth-order valence-electron chi connectivity index (χ4n) is 2.59. The van der Waals surface area contributed by atoms with Gasteiger partial charge >= 0.3 is 0 Å². The Balaban J connectivity index is 1.93. The predicted octanol–water partition coefficient (Wildman–Crippen LogP) is 2.31. The highest BCUT2D eigenvalue weighted by atomic mass is 35.5. The number of aromatic nitrogens is 2. The molecule has 0 saturated carbocycles. The maximum absolute atomic E-state index is 11.3. The number of anilines is 2. The highest BCUT2D eigenvalue weighted by molar-refractivity contribution is 7.92. The minimum Gasteiger partial charge on any atom is -0.378 e. The average molecular weight is 383 g/mol. The van der Waals surface area contributed by atoms with Crippen molar-refractivity contribution in [2.24, 2.45) is 0 Å². The molecule has 2 aromatic rings. The molecule has 3 rings (SSSR count). The van der Waals surface area contributed by atoms with Crippen LogP contribution < -0.4 is 9.62 Å². The molecule has 7 nitrogen and oxygen atoms in total. The standard InChI is InChI=1S/C16H19ClN4O3S/c1-11-14(17)18-15(19-16(11)21-7-9-24-10-8-21)12-3-5-13(6-4-12)20-25(2,22)23/h3-6,20H,7-10H2,1-2H3. The van der Waals surface area contributed by atoms with Gasteiger partial charge in [0.2, 0.25) is 10.0 Å². The molecule has 25 heavy (non-hydrogen) atoms. The molecule has 0 atom stereocenters. The molecule has 9 heteroatoms. The van der Waals surface area contributed by atoms with E-state index in [1.807, 2.05) is 6.92 Å². The van der Waals surface area contributed by atoms with E-state index in [0.717, 1.165) is 36.3 Å². The second-order valence-electron chi connectivity index (χ2n) is 5.84. The Hall–Kier alpha value is -1.90. The van der Waals surface area contributed by atoms with Crippen molar-refractivity contribution in [3.63, 3.8) is 0 Å². The van der Waals surface area contributed by atoms with Gasteiger partial charge in [-0.15, -0.1) is 0 Å². The summed E-state index contributed by atoms with van der Waals surface area (Å²) < 4.78 is 30.4. The molecule has 0 radical (unpaired) electrons. The van der Waals surface area contributed by atoms with Crippen molar-refractivity contribution >= 4 is 33.1 Å². The van der Waals surface area contributed by atoms with Crippen molar-refractivity contribution < 1.29 is 13.2 Å². The number of ether oxygens (including phenoxy) is 1. The van der Waals surface area contributed by atoms with E-state index in [4.69, 9.17) is 16.3 Å². The number of sulfonamides is 1. The van der Waals surface area contributed by atoms with Gasteiger partial charge in [-0.05, 0) is 31.2 Å². The van der Waals surface area contributed by atoms with Crippen LogP contribution in [0.4, 0.5) is 11.5 Å². The highest BCUT2D eigenvalue weighted by Crippen LogP contribution is 2.28. The smallest absolute Gasteiger partial charge is 0.229 e. The molecule has 0 aliphatic carbocycles. The third kappa shape index (κ3) is 4.39. The van der Waals surface area contributed by atoms with Crippen LogP contribution in [0.1, 0.15) is 5.56 Å². The van der Waals surface area contributed by atoms with Crippen molar-refractivity contribution in [1.29, 1.82) is 0 Å². The third-order valence-corrected chi connectivity index (χ3v) is 4.79. The first kappa shape index (κ1) is 17.9. The molecule has 134 valence electrons. The lowest BCUT2D eigenvalue weighted by Gasteiger charge is -2.29. The van der Waals surface area contributed by atoms with Crippen molar-refractivity contribution in [3.8, 4) is 11.4 Å². The number of hydrogen-bond donors (Lipinski definition) is 1. The van der Waals surface area contributed by atoms with Gasteiger partial charge in [-0.2, -0.15) is 0 Å². The third-order valence-electron chi connectivity index (χ3n) is 3.82. The number of rotatable bonds is 4. The Morgan fingerprint density at radius 2 is 1.80 bits per heavy atom. The van der Waals surface area contributed by atoms with Crippen molar-refractivity contribution in [2.45, 2.75) is 6.92 Å². The maximum atomic E-state index is 11.3. The molecule has 1 aliphatic heterocycles. The normalized spacial score (nSPS) is 15.2. The predicted molar refractivity (Wildman–Crippen MR) is 98.7 cm³/mol. The number of hydrogen-bond acceptors (Lipinski definition) is 6. The highest BCUT2D eigenvalue weighted by Gasteiger charge is 2.19. The van der Waals surface area contributed by atoms with Gasteiger partial charge in [0.15, 0.2) is 5.82 Å². The van der Waals surface area contributed by atoms with Crippen LogP contribution >= 0.6 is 11.6 Å². The number of nitrogens with one attached hydrogen (secondary N) is 1. The molecule has 0 amide bonds. The summed E-state index contributed by atoms with van der Waals surface area (Å²) in [4.78, 5) is 11.2. The van der Waals surface area contributed by atoms with Crippen molar-refractivity contribution in [3.05, 3.63) is 35.0 Å². The second-order valence-corrected chi connectivity index (χ2v) is 7.94. The van der Waals surface area contributed by atoms with E-state index >= 15 is 0 Å². The van der Waals surface area contributed by atoms with Crippen LogP contribution in [-0.4, -0.2) is 50.9 Å². The van der Waals surface area contributed by atoms with E-state index in [2.05, 4.69) is 19.6 Å². The summed E-state index contributed by atoms with van der Waals surface area (Å²) in [5, 5.41) is 0.407. The van der Waals surface area contributed by atoms with Crippen LogP contribution in [0.15, 0.2) is 24.3 Å². The Morgan fingerprint density at radius 3 is 2.40 bits per heavy atom. The fraction of sp³-hybridized carbons (Fsp3) is 0.375. The largest absolute Gasteiger partial charge is 0.378 e. The molecule has 1 N–H and O–H groups in total. The Morgan fingerprint density at radius 1 is 1.16 bits per heavy atom. The molecule has 1 aromatic carbocycles. The van der Waals surface area contributed by atoms with E-state index in [1.165, 1.54) is 0 Å². The minimum absolute atomic E-state index is 0.407. The van der Waals surface area contributed by atoms with E-state index in [-0.39, 0.29) is 0 Å². The zero-order valence-electron chi connectivity index (χ0n) is 14.0. The molecule has 0 bridgehead atoms. The van der Waals surface area contributed by atoms with Gasteiger partial charge < -0.3 is 9.64 Å². The molecule has 1 fully saturated rings. The average Bonchev–Trinajstić information content (AvgIpc) is 2.57. The van der Waals surface area contributed by atoms with Crippen molar-refractivity contribution in [1.82, 2.24) is 9.97 Å². The van der Waals surface area contributed by atoms with Crippen LogP contribution in [0.3, 0.4) is 0 Å². The van der Waals surface area contributed by atoms with Crippen LogP contribution in [0, 0.1) is 6.92 Å². The number of morpholine rings is 1. The molecule has 0 spiro atoms. The van der Waals surface area contributed by atoms with Crippen LogP contribution in [0.25, 0.3) is 11.4 Å². The Kier molecular flexibility index (Phi) is 5.12. The first-order chi connectivity index (χ1) is 11.8. The zero-order valence-corrected chi connectivity index (χ0v) is 15.6. The summed E-state index contributed by atoms with van der Waals surface area (Å²) in [6, 6.07) is 6.86. The molecule has 0 unspecified atom stereocenters. The molecule has 1 saturated heterocycles. The summed E-state index contributed by atoms with van der Waals surface area (Å²) in [5.74, 6) is 1.31. The van der Waals surface area contributed by atoms with E-state index < -0.39 is 10.0 Å². The lowest BCUT2D eigenvalue weighted by atomic mass is 10.2. The number of nitrogens with zero attached hydrogens (tertiary/aromatic N) is 3. The van der Waals surface area contributed by atoms with Crippen molar-refractivity contribution in [2.75, 3.05) is 42.2 Å². The molecule has 2 heterocycles. The number of benzene rings is 1. The van der Waals surface area contributed by atoms with Gasteiger partial charge in [-0.3, -0.25) is 4.72 Å². The second kappa shape index (κ2) is 7.15. The van der Waals surface area contributed by atoms with Gasteiger partial charge in [0.05, 0.1) is 19.5 Å². The van der Waals surface area contributed by atoms with Gasteiger partial charge in [0.25, 0.3) is 0 Å². The Labute approximate surface area is 152 Å². The van der Waals surface area contributed by atoms with E-state index in [0.29, 0.717) is 29.9 Å². The molecule has 1 aromatic heterocycles. The van der Waals surface area contributed by atoms with Gasteiger partial charge in [-0.25, -0.2) is 18.4 Å². The zero-order chi connectivity index (χ0) is 18.0. The Bertz CT molecular complexity index is 866. The summed E-state index contributed by atoms with van der Waals surface area (Å²) in [5.41, 5.74) is 2.08. The SMILES string of the molecule is Cc1c(Cl)nc(-c2ccc(NS(C)(=O)=O)cc2)nc1N1CCOCC1. The lowest BCUT2D eigenvalue weighted by molar-refractivity contribution is 0.122. The lowest BCUT2D eigenvalue weighted by Crippen LogP contribution is -2.37. The van der Waals surface area contributed by atoms with Gasteiger partial charge in [-0.1, -0.05) is 11.6 Å². The summed E-state index contributed by atoms with van der Waals surface area (Å²) in [6.45, 7) is 4.72. The van der Waals surface area contributed by atoms with Crippen LogP contribution in [0.5, 0.6) is 0 Å². The van der Waals surface area contributed by atoms with Gasteiger partial charge in [0, 0.05) is 29.9 Å². The summed E-state index contributed by atoms with van der Waals surface area (Å²) >= 11 is 6.31. The van der Waals surface area contributed by atoms with Gasteiger partial charge in [0.1, 0.15) is 11.0 Å². The topological polar surface area (TPSA) is 84.4 Å². The maximum Gasteiger partial charge on any atom is 0.229 e. The first-order valence-electron chi connectivity index (χ1n) is 7.78. The van der Waals surface area contributed by atoms with Crippen LogP contribution in [-0.2, 0) is 14.8 Å². The van der Waals surface area contributed by atoms with E-state index in [9.17, 15) is 8.42 Å². The molecule has 1 aliphatic rings.